The predicted octanol–water partition coefficient (Wildman–Crippen LogP) is 3.88. The molecule has 31 heavy (non-hydrogen) atoms. The normalized spacial score (nSPS) is 16.9. The number of anilines is 2. The summed E-state index contributed by atoms with van der Waals surface area (Å²) in [5.41, 5.74) is 0.605. The summed E-state index contributed by atoms with van der Waals surface area (Å²) in [5, 5.41) is 0. The molecule has 3 aromatic rings. The van der Waals surface area contributed by atoms with Crippen LogP contribution in [-0.4, -0.2) is 33.1 Å². The van der Waals surface area contributed by atoms with Crippen LogP contribution in [0.4, 0.5) is 24.7 Å². The van der Waals surface area contributed by atoms with E-state index in [1.165, 1.54) is 24.4 Å². The van der Waals surface area contributed by atoms with Crippen LogP contribution in [0.5, 0.6) is 0 Å². The lowest BCUT2D eigenvalue weighted by molar-refractivity contribution is 0.0393. The first-order valence-corrected chi connectivity index (χ1v) is 10.9. The minimum atomic E-state index is -4.04. The number of halogens is 3. The molecule has 1 aliphatic heterocycles. The zero-order valence-electron chi connectivity index (χ0n) is 16.1. The van der Waals surface area contributed by atoms with E-state index in [2.05, 4.69) is 9.71 Å². The van der Waals surface area contributed by atoms with Gasteiger partial charge in [-0.3, -0.25) is 4.72 Å². The minimum Gasteiger partial charge on any atom is -0.370 e. The Bertz CT molecular complexity index is 1190. The number of rotatable bonds is 5. The number of sulfonamides is 1. The van der Waals surface area contributed by atoms with E-state index in [0.29, 0.717) is 31.1 Å². The fourth-order valence-electron chi connectivity index (χ4n) is 3.26. The Morgan fingerprint density at radius 2 is 1.87 bits per heavy atom. The summed E-state index contributed by atoms with van der Waals surface area (Å²) < 4.78 is 72.8. The SMILES string of the molecule is O=S(=O)(Nc1ccc(F)c(F)c1)c1ccc(N2CCOC(c3cccc(F)c3)C2)nc1. The highest BCUT2D eigenvalue weighted by atomic mass is 32.2. The van der Waals surface area contributed by atoms with E-state index in [4.69, 9.17) is 4.74 Å². The average Bonchev–Trinajstić information content (AvgIpc) is 2.76. The molecule has 1 N–H and O–H groups in total. The maximum atomic E-state index is 13.5. The van der Waals surface area contributed by atoms with Crippen LogP contribution >= 0.6 is 0 Å². The molecule has 1 aliphatic rings. The average molecular weight is 449 g/mol. The summed E-state index contributed by atoms with van der Waals surface area (Å²) in [7, 11) is -4.04. The number of benzene rings is 2. The van der Waals surface area contributed by atoms with Crippen molar-refractivity contribution in [3.63, 3.8) is 0 Å². The summed E-state index contributed by atoms with van der Waals surface area (Å²) >= 11 is 0. The van der Waals surface area contributed by atoms with Crippen molar-refractivity contribution in [2.24, 2.45) is 0 Å². The number of morpholine rings is 1. The van der Waals surface area contributed by atoms with Crippen LogP contribution in [0, 0.1) is 17.5 Å². The monoisotopic (exact) mass is 449 g/mol. The number of pyridine rings is 1. The van der Waals surface area contributed by atoms with Gasteiger partial charge in [0.25, 0.3) is 10.0 Å². The Labute approximate surface area is 177 Å². The van der Waals surface area contributed by atoms with Crippen molar-refractivity contribution in [1.29, 1.82) is 0 Å². The van der Waals surface area contributed by atoms with Gasteiger partial charge in [0.1, 0.15) is 22.6 Å². The van der Waals surface area contributed by atoms with E-state index < -0.39 is 21.7 Å². The summed E-state index contributed by atoms with van der Waals surface area (Å²) in [4.78, 5) is 6.02. The minimum absolute atomic E-state index is 0.103. The molecular weight excluding hydrogens is 431 g/mol. The van der Waals surface area contributed by atoms with E-state index in [-0.39, 0.29) is 22.5 Å². The number of nitrogens with zero attached hydrogens (tertiary/aromatic N) is 2. The Morgan fingerprint density at radius 3 is 2.58 bits per heavy atom. The lowest BCUT2D eigenvalue weighted by Crippen LogP contribution is -2.38. The molecule has 0 spiro atoms. The largest absolute Gasteiger partial charge is 0.370 e. The Morgan fingerprint density at radius 1 is 1.03 bits per heavy atom. The highest BCUT2D eigenvalue weighted by Crippen LogP contribution is 2.26. The molecule has 4 rings (SSSR count). The molecule has 2 heterocycles. The molecular formula is C21H18F3N3O3S. The summed E-state index contributed by atoms with van der Waals surface area (Å²) in [6, 6.07) is 11.8. The third kappa shape index (κ3) is 4.80. The van der Waals surface area contributed by atoms with Gasteiger partial charge in [0.05, 0.1) is 12.3 Å². The van der Waals surface area contributed by atoms with Crippen LogP contribution in [0.3, 0.4) is 0 Å². The van der Waals surface area contributed by atoms with Gasteiger partial charge in [-0.25, -0.2) is 26.6 Å². The van der Waals surface area contributed by atoms with E-state index in [9.17, 15) is 21.6 Å². The molecule has 6 nitrogen and oxygen atoms in total. The van der Waals surface area contributed by atoms with E-state index in [0.717, 1.165) is 18.2 Å². The topological polar surface area (TPSA) is 71.5 Å². The molecule has 0 radical (unpaired) electrons. The van der Waals surface area contributed by atoms with Crippen molar-refractivity contribution in [3.8, 4) is 0 Å². The van der Waals surface area contributed by atoms with Gasteiger partial charge in [-0.1, -0.05) is 12.1 Å². The smallest absolute Gasteiger partial charge is 0.263 e. The Hall–Kier alpha value is -3.11. The highest BCUT2D eigenvalue weighted by molar-refractivity contribution is 7.92. The third-order valence-corrected chi connectivity index (χ3v) is 6.18. The zero-order valence-corrected chi connectivity index (χ0v) is 16.9. The first-order valence-electron chi connectivity index (χ1n) is 9.38. The standard InChI is InChI=1S/C21H18F3N3O3S/c22-15-3-1-2-14(10-15)20-13-27(8-9-30-20)21-7-5-17(12-25-21)31(28,29)26-16-4-6-18(23)19(24)11-16/h1-7,10-12,20,26H,8-9,13H2. The molecule has 162 valence electrons. The van der Waals surface area contributed by atoms with Crippen molar-refractivity contribution in [2.75, 3.05) is 29.3 Å². The Balaban J connectivity index is 1.48. The van der Waals surface area contributed by atoms with Crippen LogP contribution in [0.15, 0.2) is 65.7 Å². The van der Waals surface area contributed by atoms with Gasteiger partial charge in [0, 0.05) is 25.4 Å². The van der Waals surface area contributed by atoms with Gasteiger partial charge in [-0.05, 0) is 42.0 Å². The van der Waals surface area contributed by atoms with E-state index in [1.807, 2.05) is 4.90 Å². The zero-order chi connectivity index (χ0) is 22.0. The number of nitrogens with one attached hydrogen (secondary N) is 1. The molecule has 2 aromatic carbocycles. The molecule has 0 bridgehead atoms. The number of aromatic nitrogens is 1. The molecule has 1 fully saturated rings. The molecule has 0 amide bonds. The van der Waals surface area contributed by atoms with Gasteiger partial charge in [0.2, 0.25) is 0 Å². The van der Waals surface area contributed by atoms with Crippen molar-refractivity contribution in [3.05, 3.63) is 83.8 Å². The van der Waals surface area contributed by atoms with Crippen molar-refractivity contribution >= 4 is 21.5 Å². The van der Waals surface area contributed by atoms with Gasteiger partial charge in [-0.15, -0.1) is 0 Å². The Kier molecular flexibility index (Phi) is 5.84. The lowest BCUT2D eigenvalue weighted by Gasteiger charge is -2.34. The second-order valence-electron chi connectivity index (χ2n) is 6.95. The summed E-state index contributed by atoms with van der Waals surface area (Å²) in [6.07, 6.45) is 0.842. The van der Waals surface area contributed by atoms with Crippen LogP contribution < -0.4 is 9.62 Å². The van der Waals surface area contributed by atoms with E-state index >= 15 is 0 Å². The first-order chi connectivity index (χ1) is 14.8. The van der Waals surface area contributed by atoms with Crippen LogP contribution in [-0.2, 0) is 14.8 Å². The van der Waals surface area contributed by atoms with Gasteiger partial charge in [-0.2, -0.15) is 0 Å². The van der Waals surface area contributed by atoms with Gasteiger partial charge < -0.3 is 9.64 Å². The predicted molar refractivity (Wildman–Crippen MR) is 109 cm³/mol. The van der Waals surface area contributed by atoms with Gasteiger partial charge in [0.15, 0.2) is 11.6 Å². The van der Waals surface area contributed by atoms with Gasteiger partial charge >= 0.3 is 0 Å². The number of ether oxygens (including phenoxy) is 1. The fourth-order valence-corrected chi connectivity index (χ4v) is 4.25. The molecule has 1 unspecified atom stereocenters. The lowest BCUT2D eigenvalue weighted by atomic mass is 10.1. The maximum Gasteiger partial charge on any atom is 0.263 e. The van der Waals surface area contributed by atoms with Crippen molar-refractivity contribution in [2.45, 2.75) is 11.0 Å². The van der Waals surface area contributed by atoms with Crippen LogP contribution in [0.25, 0.3) is 0 Å². The number of hydrogen-bond donors (Lipinski definition) is 1. The molecule has 1 saturated heterocycles. The quantitative estimate of drug-likeness (QED) is 0.640. The highest BCUT2D eigenvalue weighted by Gasteiger charge is 2.24. The van der Waals surface area contributed by atoms with Crippen LogP contribution in [0.1, 0.15) is 11.7 Å². The fraction of sp³-hybridized carbons (Fsp3) is 0.190. The molecule has 1 aromatic heterocycles. The second-order valence-corrected chi connectivity index (χ2v) is 8.63. The first kappa shape index (κ1) is 21.1. The second kappa shape index (κ2) is 8.56. The third-order valence-electron chi connectivity index (χ3n) is 4.81. The van der Waals surface area contributed by atoms with E-state index in [1.54, 1.807) is 18.2 Å². The maximum absolute atomic E-state index is 13.5. The summed E-state index contributed by atoms with van der Waals surface area (Å²) in [6.45, 7) is 1.37. The molecule has 1 atom stereocenters. The summed E-state index contributed by atoms with van der Waals surface area (Å²) in [5.74, 6) is -2.04. The van der Waals surface area contributed by atoms with Crippen molar-refractivity contribution < 1.29 is 26.3 Å². The molecule has 0 aliphatic carbocycles. The molecule has 0 saturated carbocycles. The van der Waals surface area contributed by atoms with Crippen LogP contribution in [0.2, 0.25) is 0 Å². The van der Waals surface area contributed by atoms with Crippen molar-refractivity contribution in [1.82, 2.24) is 4.98 Å². The molecule has 10 heteroatoms. The number of hydrogen-bond acceptors (Lipinski definition) is 5.